The molecule has 28 heavy (non-hydrogen) atoms. The van der Waals surface area contributed by atoms with E-state index in [1.807, 2.05) is 13.8 Å². The van der Waals surface area contributed by atoms with Crippen molar-refractivity contribution in [3.63, 3.8) is 0 Å². The maximum atomic E-state index is 12.1. The molecular weight excluding hydrogens is 531 g/mol. The van der Waals surface area contributed by atoms with Gasteiger partial charge in [-0.1, -0.05) is 19.4 Å². The molecule has 0 aliphatic heterocycles. The summed E-state index contributed by atoms with van der Waals surface area (Å²) < 4.78 is 39.2. The number of hydrogen-bond acceptors (Lipinski definition) is 5. The molecule has 1 saturated carbocycles. The smallest absolute Gasteiger partial charge is 0.250 e. The topological polar surface area (TPSA) is 99.7 Å². The second kappa shape index (κ2) is 13.1. The van der Waals surface area contributed by atoms with Crippen molar-refractivity contribution in [1.82, 2.24) is 15.4 Å². The molecule has 1 heterocycles. The number of rotatable bonds is 9. The summed E-state index contributed by atoms with van der Waals surface area (Å²) in [4.78, 5) is 4.48. The van der Waals surface area contributed by atoms with E-state index >= 15 is 0 Å². The highest BCUT2D eigenvalue weighted by atomic mass is 127. The third kappa shape index (κ3) is 8.25. The standard InChI is InChI=1S/C17H30N4O3S3.HI/c1-3-18-17(21-14-7-5-8-15(13-14)26(22)4-2)19-10-11-20-27(23,24)16-9-6-12-25-16;/h6,9,12,14-15,20H,3-5,7-8,10-11,13H2,1-2H3,(H2,18,19,21);1H. The number of hydrogen-bond donors (Lipinski definition) is 3. The second-order valence-electron chi connectivity index (χ2n) is 6.39. The molecule has 0 aromatic carbocycles. The van der Waals surface area contributed by atoms with Crippen LogP contribution in [0, 0.1) is 0 Å². The molecule has 1 aliphatic rings. The molecular formula is C17H31IN4O3S3. The number of sulfonamides is 1. The number of aliphatic imine (C=N–C) groups is 1. The average molecular weight is 563 g/mol. The summed E-state index contributed by atoms with van der Waals surface area (Å²) in [6.07, 6.45) is 4.01. The maximum absolute atomic E-state index is 12.1. The highest BCUT2D eigenvalue weighted by Gasteiger charge is 2.26. The number of thiophene rings is 1. The van der Waals surface area contributed by atoms with Crippen LogP contribution in [-0.4, -0.2) is 55.3 Å². The second-order valence-corrected chi connectivity index (χ2v) is 11.3. The number of guanidine groups is 1. The van der Waals surface area contributed by atoms with Crippen molar-refractivity contribution in [2.45, 2.75) is 55.0 Å². The van der Waals surface area contributed by atoms with Crippen molar-refractivity contribution in [2.24, 2.45) is 4.99 Å². The van der Waals surface area contributed by atoms with Crippen molar-refractivity contribution in [3.8, 4) is 0 Å². The van der Waals surface area contributed by atoms with E-state index in [0.29, 0.717) is 22.5 Å². The van der Waals surface area contributed by atoms with Gasteiger partial charge in [0.2, 0.25) is 10.0 Å². The summed E-state index contributed by atoms with van der Waals surface area (Å²) in [6, 6.07) is 3.55. The van der Waals surface area contributed by atoms with Gasteiger partial charge in [0.25, 0.3) is 0 Å². The number of halogens is 1. The number of nitrogens with zero attached hydrogens (tertiary/aromatic N) is 1. The molecule has 0 spiro atoms. The molecule has 1 fully saturated rings. The van der Waals surface area contributed by atoms with Crippen molar-refractivity contribution in [2.75, 3.05) is 25.4 Å². The fourth-order valence-corrected chi connectivity index (χ4v) is 6.51. The van der Waals surface area contributed by atoms with Gasteiger partial charge < -0.3 is 10.6 Å². The lowest BCUT2D eigenvalue weighted by atomic mass is 9.95. The van der Waals surface area contributed by atoms with Crippen LogP contribution in [0.15, 0.2) is 26.7 Å². The normalized spacial score (nSPS) is 21.6. The molecule has 3 unspecified atom stereocenters. The minimum Gasteiger partial charge on any atom is -0.357 e. The van der Waals surface area contributed by atoms with E-state index in [9.17, 15) is 12.6 Å². The first-order chi connectivity index (χ1) is 13.0. The summed E-state index contributed by atoms with van der Waals surface area (Å²) in [6.45, 7) is 5.27. The van der Waals surface area contributed by atoms with Crippen LogP contribution < -0.4 is 15.4 Å². The Hall–Kier alpha value is -0.240. The fourth-order valence-electron chi connectivity index (χ4n) is 3.10. The summed E-state index contributed by atoms with van der Waals surface area (Å²) in [5.74, 6) is 1.39. The highest BCUT2D eigenvalue weighted by Crippen LogP contribution is 2.23. The SMILES string of the molecule is CCNC(=NCCNS(=O)(=O)c1cccs1)NC1CCCC(S(=O)CC)C1.I. The summed E-state index contributed by atoms with van der Waals surface area (Å²) in [7, 11) is -4.21. The van der Waals surface area contributed by atoms with Crippen molar-refractivity contribution < 1.29 is 12.6 Å². The van der Waals surface area contributed by atoms with E-state index in [4.69, 9.17) is 0 Å². The van der Waals surface area contributed by atoms with Crippen LogP contribution in [0.25, 0.3) is 0 Å². The lowest BCUT2D eigenvalue weighted by Crippen LogP contribution is -2.47. The summed E-state index contributed by atoms with van der Waals surface area (Å²) in [5.41, 5.74) is 0. The first-order valence-corrected chi connectivity index (χ1v) is 13.2. The molecule has 7 nitrogen and oxygen atoms in total. The van der Waals surface area contributed by atoms with Crippen LogP contribution in [0.4, 0.5) is 0 Å². The lowest BCUT2D eigenvalue weighted by Gasteiger charge is -2.30. The quantitative estimate of drug-likeness (QED) is 0.186. The van der Waals surface area contributed by atoms with E-state index in [2.05, 4.69) is 20.3 Å². The Morgan fingerprint density at radius 1 is 1.36 bits per heavy atom. The van der Waals surface area contributed by atoms with Crippen molar-refractivity contribution in [1.29, 1.82) is 0 Å². The highest BCUT2D eigenvalue weighted by molar-refractivity contribution is 14.0. The zero-order valence-corrected chi connectivity index (χ0v) is 21.1. The molecule has 0 bridgehead atoms. The minimum absolute atomic E-state index is 0. The largest absolute Gasteiger partial charge is 0.357 e. The van der Waals surface area contributed by atoms with Crippen LogP contribution in [0.2, 0.25) is 0 Å². The average Bonchev–Trinajstić information content (AvgIpc) is 3.20. The van der Waals surface area contributed by atoms with E-state index < -0.39 is 20.8 Å². The zero-order valence-electron chi connectivity index (χ0n) is 16.3. The monoisotopic (exact) mass is 562 g/mol. The molecule has 3 atom stereocenters. The third-order valence-electron chi connectivity index (χ3n) is 4.40. The van der Waals surface area contributed by atoms with Crippen LogP contribution in [-0.2, 0) is 20.8 Å². The summed E-state index contributed by atoms with van der Waals surface area (Å²) >= 11 is 1.19. The Labute approximate surface area is 192 Å². The predicted octanol–water partition coefficient (Wildman–Crippen LogP) is 2.28. The summed E-state index contributed by atoms with van der Waals surface area (Å²) in [5, 5.41) is 8.61. The predicted molar refractivity (Wildman–Crippen MR) is 129 cm³/mol. The van der Waals surface area contributed by atoms with Gasteiger partial charge in [-0.15, -0.1) is 35.3 Å². The molecule has 2 rings (SSSR count). The van der Waals surface area contributed by atoms with Gasteiger partial charge in [-0.3, -0.25) is 9.20 Å². The van der Waals surface area contributed by atoms with Crippen molar-refractivity contribution >= 4 is 62.1 Å². The lowest BCUT2D eigenvalue weighted by molar-refractivity contribution is 0.413. The van der Waals surface area contributed by atoms with Gasteiger partial charge >= 0.3 is 0 Å². The Kier molecular flexibility index (Phi) is 12.1. The fraction of sp³-hybridized carbons (Fsp3) is 0.706. The Bertz CT molecular complexity index is 726. The minimum atomic E-state index is -3.45. The maximum Gasteiger partial charge on any atom is 0.250 e. The van der Waals surface area contributed by atoms with E-state index in [-0.39, 0.29) is 41.8 Å². The molecule has 1 aromatic rings. The van der Waals surface area contributed by atoms with Crippen LogP contribution in [0.3, 0.4) is 0 Å². The molecule has 0 amide bonds. The van der Waals surface area contributed by atoms with Gasteiger partial charge in [0.1, 0.15) is 4.21 Å². The zero-order chi connectivity index (χ0) is 19.7. The van der Waals surface area contributed by atoms with E-state index in [1.54, 1.807) is 17.5 Å². The molecule has 3 N–H and O–H groups in total. The van der Waals surface area contributed by atoms with Crippen molar-refractivity contribution in [3.05, 3.63) is 17.5 Å². The third-order valence-corrected chi connectivity index (χ3v) is 9.00. The van der Waals surface area contributed by atoms with Gasteiger partial charge in [-0.25, -0.2) is 13.1 Å². The molecule has 1 aliphatic carbocycles. The number of nitrogens with one attached hydrogen (secondary N) is 3. The molecule has 11 heteroatoms. The van der Waals surface area contributed by atoms with E-state index in [0.717, 1.165) is 32.2 Å². The Balaban J connectivity index is 0.00000392. The Morgan fingerprint density at radius 3 is 2.79 bits per heavy atom. The van der Waals surface area contributed by atoms with Gasteiger partial charge in [0, 0.05) is 40.9 Å². The molecule has 0 radical (unpaired) electrons. The van der Waals surface area contributed by atoms with Crippen LogP contribution in [0.1, 0.15) is 39.5 Å². The first kappa shape index (κ1) is 25.8. The van der Waals surface area contributed by atoms with Gasteiger partial charge in [-0.05, 0) is 37.6 Å². The van der Waals surface area contributed by atoms with Gasteiger partial charge in [0.15, 0.2) is 5.96 Å². The molecule has 1 aromatic heterocycles. The Morgan fingerprint density at radius 2 is 2.14 bits per heavy atom. The van der Waals surface area contributed by atoms with E-state index in [1.165, 1.54) is 11.3 Å². The van der Waals surface area contributed by atoms with Gasteiger partial charge in [-0.2, -0.15) is 0 Å². The molecule has 162 valence electrons. The van der Waals surface area contributed by atoms with Crippen LogP contribution in [0.5, 0.6) is 0 Å². The molecule has 0 saturated heterocycles. The van der Waals surface area contributed by atoms with Crippen LogP contribution >= 0.6 is 35.3 Å². The first-order valence-electron chi connectivity index (χ1n) is 9.41. The van der Waals surface area contributed by atoms with Gasteiger partial charge in [0.05, 0.1) is 6.54 Å².